The Hall–Kier alpha value is -2.40. The summed E-state index contributed by atoms with van der Waals surface area (Å²) >= 11 is 0. The summed E-state index contributed by atoms with van der Waals surface area (Å²) in [6, 6.07) is 8.06. The van der Waals surface area contributed by atoms with Gasteiger partial charge in [0.15, 0.2) is 0 Å². The molecule has 4 heteroatoms. The van der Waals surface area contributed by atoms with Gasteiger partial charge in [-0.05, 0) is 78.6 Å². The number of aliphatic hydroxyl groups excluding tert-OH is 1. The molecule has 176 valence electrons. The Kier molecular flexibility index (Phi) is 8.38. The van der Waals surface area contributed by atoms with Gasteiger partial charge in [0.2, 0.25) is 0 Å². The second-order valence-electron chi connectivity index (χ2n) is 9.18. The second-order valence-corrected chi connectivity index (χ2v) is 9.18. The number of aromatic hydroxyl groups is 1. The summed E-state index contributed by atoms with van der Waals surface area (Å²) in [4.78, 5) is 5.14. The zero-order chi connectivity index (χ0) is 23.0. The highest BCUT2D eigenvalue weighted by Gasteiger charge is 2.24. The molecule has 0 amide bonds. The normalized spacial score (nSPS) is 22.7. The number of nitrogens with zero attached hydrogens (tertiary/aromatic N) is 2. The molecule has 0 bridgehead atoms. The van der Waals surface area contributed by atoms with Crippen LogP contribution in [0.3, 0.4) is 0 Å². The standard InChI is InChI=1S/C29H38N2O2/c1-2-30-18-20-31(21-19-30)26-14-10-24(11-15-26)29(25-12-16-27(33)17-13-25)28(9-6-22-32)23-7-4-3-5-8-23/h3-4,7,10-14,16-17,26,32-33H,2,5-6,8-9,15,18-22H2,1H3/b29-28+. The highest BCUT2D eigenvalue weighted by Crippen LogP contribution is 2.38. The first-order valence-corrected chi connectivity index (χ1v) is 12.5. The maximum absolute atomic E-state index is 9.89. The summed E-state index contributed by atoms with van der Waals surface area (Å²) in [7, 11) is 0. The molecule has 3 aliphatic rings. The lowest BCUT2D eigenvalue weighted by Crippen LogP contribution is -2.49. The first kappa shape index (κ1) is 23.7. The van der Waals surface area contributed by atoms with Crippen LogP contribution in [-0.4, -0.2) is 65.4 Å². The second kappa shape index (κ2) is 11.6. The molecule has 4 rings (SSSR count). The van der Waals surface area contributed by atoms with Crippen LogP contribution < -0.4 is 0 Å². The van der Waals surface area contributed by atoms with Crippen molar-refractivity contribution in [1.29, 1.82) is 0 Å². The van der Waals surface area contributed by atoms with Gasteiger partial charge in [0.1, 0.15) is 5.75 Å². The maximum Gasteiger partial charge on any atom is 0.115 e. The SMILES string of the molecule is CCN1CCN(C2C=CC(/C(=C(/CCCO)C3=CC=CCC3)c3ccc(O)cc3)=CC2)CC1. The number of allylic oxidation sites excluding steroid dienone is 8. The zero-order valence-corrected chi connectivity index (χ0v) is 19.9. The molecule has 1 aromatic carbocycles. The van der Waals surface area contributed by atoms with E-state index < -0.39 is 0 Å². The summed E-state index contributed by atoms with van der Waals surface area (Å²) in [5.74, 6) is 0.286. The fourth-order valence-corrected chi connectivity index (χ4v) is 5.18. The molecular formula is C29H38N2O2. The molecule has 1 heterocycles. The van der Waals surface area contributed by atoms with Crippen molar-refractivity contribution in [2.45, 2.75) is 45.1 Å². The zero-order valence-electron chi connectivity index (χ0n) is 19.9. The van der Waals surface area contributed by atoms with Crippen molar-refractivity contribution >= 4 is 5.57 Å². The van der Waals surface area contributed by atoms with E-state index in [2.05, 4.69) is 53.2 Å². The molecule has 0 saturated carbocycles. The van der Waals surface area contributed by atoms with Gasteiger partial charge >= 0.3 is 0 Å². The van der Waals surface area contributed by atoms with Crippen molar-refractivity contribution in [2.24, 2.45) is 0 Å². The van der Waals surface area contributed by atoms with Crippen molar-refractivity contribution in [1.82, 2.24) is 9.80 Å². The van der Waals surface area contributed by atoms with Gasteiger partial charge in [-0.3, -0.25) is 4.90 Å². The average Bonchev–Trinajstić information content (AvgIpc) is 2.88. The Balaban J connectivity index is 1.65. The summed E-state index contributed by atoms with van der Waals surface area (Å²) < 4.78 is 0. The Morgan fingerprint density at radius 2 is 1.88 bits per heavy atom. The van der Waals surface area contributed by atoms with Crippen LogP contribution in [0.1, 0.15) is 44.6 Å². The minimum atomic E-state index is 0.191. The number of aliphatic hydroxyl groups is 1. The largest absolute Gasteiger partial charge is 0.508 e. The van der Waals surface area contributed by atoms with Crippen LogP contribution in [0.25, 0.3) is 5.57 Å². The fourth-order valence-electron chi connectivity index (χ4n) is 5.18. The van der Waals surface area contributed by atoms with Gasteiger partial charge in [0, 0.05) is 38.8 Å². The molecule has 1 aliphatic heterocycles. The van der Waals surface area contributed by atoms with Crippen LogP contribution in [-0.2, 0) is 0 Å². The lowest BCUT2D eigenvalue weighted by atomic mass is 9.82. The van der Waals surface area contributed by atoms with Gasteiger partial charge in [-0.15, -0.1) is 0 Å². The minimum Gasteiger partial charge on any atom is -0.508 e. The highest BCUT2D eigenvalue weighted by atomic mass is 16.3. The van der Waals surface area contributed by atoms with Gasteiger partial charge in [-0.1, -0.05) is 55.5 Å². The van der Waals surface area contributed by atoms with Crippen molar-refractivity contribution < 1.29 is 10.2 Å². The average molecular weight is 447 g/mol. The van der Waals surface area contributed by atoms with Crippen LogP contribution in [0.4, 0.5) is 0 Å². The van der Waals surface area contributed by atoms with Crippen molar-refractivity contribution in [2.75, 3.05) is 39.3 Å². The lowest BCUT2D eigenvalue weighted by molar-refractivity contribution is 0.116. The van der Waals surface area contributed by atoms with Gasteiger partial charge in [0.25, 0.3) is 0 Å². The van der Waals surface area contributed by atoms with Crippen LogP contribution >= 0.6 is 0 Å². The van der Waals surface area contributed by atoms with Crippen molar-refractivity contribution in [3.63, 3.8) is 0 Å². The number of rotatable bonds is 8. The van der Waals surface area contributed by atoms with E-state index in [9.17, 15) is 10.2 Å². The fraction of sp³-hybridized carbons (Fsp3) is 0.448. The van der Waals surface area contributed by atoms with Crippen LogP contribution in [0.15, 0.2) is 77.4 Å². The first-order chi connectivity index (χ1) is 16.2. The Morgan fingerprint density at radius 3 is 2.48 bits per heavy atom. The molecule has 0 spiro atoms. The molecule has 1 atom stereocenters. The van der Waals surface area contributed by atoms with Crippen molar-refractivity contribution in [3.05, 3.63) is 83.0 Å². The third-order valence-corrected chi connectivity index (χ3v) is 7.13. The molecule has 1 unspecified atom stereocenters. The molecule has 0 aromatic heterocycles. The minimum absolute atomic E-state index is 0.191. The number of phenols is 1. The molecule has 2 aliphatic carbocycles. The van der Waals surface area contributed by atoms with E-state index >= 15 is 0 Å². The lowest BCUT2D eigenvalue weighted by Gasteiger charge is -2.38. The third kappa shape index (κ3) is 5.94. The Morgan fingerprint density at radius 1 is 1.09 bits per heavy atom. The van der Waals surface area contributed by atoms with Gasteiger partial charge in [0.05, 0.1) is 0 Å². The predicted octanol–water partition coefficient (Wildman–Crippen LogP) is 5.09. The maximum atomic E-state index is 9.89. The predicted molar refractivity (Wildman–Crippen MR) is 137 cm³/mol. The number of likely N-dealkylation sites (N-methyl/N-ethyl adjacent to an activating group) is 1. The third-order valence-electron chi connectivity index (χ3n) is 7.13. The first-order valence-electron chi connectivity index (χ1n) is 12.5. The molecule has 1 fully saturated rings. The highest BCUT2D eigenvalue weighted by molar-refractivity contribution is 5.87. The van der Waals surface area contributed by atoms with E-state index in [-0.39, 0.29) is 12.4 Å². The molecule has 0 radical (unpaired) electrons. The molecular weight excluding hydrogens is 408 g/mol. The van der Waals surface area contributed by atoms with E-state index in [1.165, 1.54) is 22.3 Å². The van der Waals surface area contributed by atoms with E-state index in [0.29, 0.717) is 6.04 Å². The molecule has 1 saturated heterocycles. The van der Waals surface area contributed by atoms with Crippen LogP contribution in [0.2, 0.25) is 0 Å². The number of phenolic OH excluding ortho intramolecular Hbond substituents is 1. The Labute approximate surface area is 198 Å². The van der Waals surface area contributed by atoms with Gasteiger partial charge in [-0.2, -0.15) is 0 Å². The number of benzene rings is 1. The summed E-state index contributed by atoms with van der Waals surface area (Å²) in [6.07, 6.45) is 18.4. The van der Waals surface area contributed by atoms with Gasteiger partial charge in [-0.25, -0.2) is 0 Å². The smallest absolute Gasteiger partial charge is 0.115 e. The van der Waals surface area contributed by atoms with E-state index in [1.54, 1.807) is 12.1 Å². The molecule has 2 N–H and O–H groups in total. The van der Waals surface area contributed by atoms with Crippen LogP contribution in [0, 0.1) is 0 Å². The topological polar surface area (TPSA) is 46.9 Å². The van der Waals surface area contributed by atoms with E-state index in [0.717, 1.165) is 70.4 Å². The monoisotopic (exact) mass is 446 g/mol. The Bertz CT molecular complexity index is 944. The summed E-state index contributed by atoms with van der Waals surface area (Å²) in [5, 5.41) is 19.5. The summed E-state index contributed by atoms with van der Waals surface area (Å²) in [5.41, 5.74) is 6.32. The number of hydrogen-bond acceptors (Lipinski definition) is 4. The quantitative estimate of drug-likeness (QED) is 0.584. The van der Waals surface area contributed by atoms with E-state index in [1.807, 2.05) is 12.1 Å². The molecule has 1 aromatic rings. The van der Waals surface area contributed by atoms with E-state index in [4.69, 9.17) is 0 Å². The van der Waals surface area contributed by atoms with Gasteiger partial charge < -0.3 is 15.1 Å². The van der Waals surface area contributed by atoms with Crippen molar-refractivity contribution in [3.8, 4) is 5.75 Å². The summed E-state index contributed by atoms with van der Waals surface area (Å²) in [6.45, 7) is 8.15. The number of piperazine rings is 1. The number of hydrogen-bond donors (Lipinski definition) is 2. The van der Waals surface area contributed by atoms with Crippen LogP contribution in [0.5, 0.6) is 5.75 Å². The molecule has 33 heavy (non-hydrogen) atoms. The molecule has 4 nitrogen and oxygen atoms in total.